The van der Waals surface area contributed by atoms with Gasteiger partial charge in [-0.15, -0.1) is 0 Å². The molecule has 0 atom stereocenters. The van der Waals surface area contributed by atoms with Gasteiger partial charge in [-0.05, 0) is 38.1 Å². The molecule has 1 saturated heterocycles. The number of carbonyl (C=O) groups excluding carboxylic acids is 1. The van der Waals surface area contributed by atoms with Gasteiger partial charge < -0.3 is 19.7 Å². The van der Waals surface area contributed by atoms with Crippen LogP contribution in [0.25, 0.3) is 0 Å². The highest BCUT2D eigenvalue weighted by molar-refractivity contribution is 5.94. The van der Waals surface area contributed by atoms with Gasteiger partial charge in [-0.25, -0.2) is 0 Å². The fourth-order valence-corrected chi connectivity index (χ4v) is 3.16. The first-order chi connectivity index (χ1) is 12.6. The van der Waals surface area contributed by atoms with Gasteiger partial charge in [0.15, 0.2) is 0 Å². The number of morpholine rings is 1. The minimum absolute atomic E-state index is 0.112. The van der Waals surface area contributed by atoms with E-state index in [1.807, 2.05) is 38.1 Å². The number of benzene rings is 1. The van der Waals surface area contributed by atoms with Crippen LogP contribution in [0.5, 0.6) is 5.75 Å². The van der Waals surface area contributed by atoms with Crippen molar-refractivity contribution in [2.45, 2.75) is 20.4 Å². The molecule has 1 fully saturated rings. The Morgan fingerprint density at radius 1 is 1.23 bits per heavy atom. The molecular formula is C20H25N3O3. The predicted octanol–water partition coefficient (Wildman–Crippen LogP) is 2.47. The molecule has 2 aromatic rings. The van der Waals surface area contributed by atoms with Gasteiger partial charge in [0.05, 0.1) is 32.6 Å². The highest BCUT2D eigenvalue weighted by atomic mass is 16.5. The van der Waals surface area contributed by atoms with E-state index in [9.17, 15) is 4.79 Å². The van der Waals surface area contributed by atoms with Crippen LogP contribution in [0.3, 0.4) is 0 Å². The van der Waals surface area contributed by atoms with Crippen LogP contribution in [0.4, 0.5) is 5.69 Å². The zero-order valence-corrected chi connectivity index (χ0v) is 15.5. The maximum Gasteiger partial charge on any atom is 0.251 e. The van der Waals surface area contributed by atoms with Gasteiger partial charge in [0.1, 0.15) is 5.75 Å². The first-order valence-electron chi connectivity index (χ1n) is 8.80. The number of aromatic nitrogens is 1. The van der Waals surface area contributed by atoms with E-state index in [1.54, 1.807) is 13.3 Å². The van der Waals surface area contributed by atoms with Crippen LogP contribution < -0.4 is 15.0 Å². The Morgan fingerprint density at radius 2 is 1.92 bits per heavy atom. The third-order valence-electron chi connectivity index (χ3n) is 4.67. The van der Waals surface area contributed by atoms with Crippen molar-refractivity contribution in [2.24, 2.45) is 0 Å². The van der Waals surface area contributed by atoms with Crippen LogP contribution >= 0.6 is 0 Å². The summed E-state index contributed by atoms with van der Waals surface area (Å²) in [5, 5.41) is 2.94. The maximum absolute atomic E-state index is 12.4. The number of ether oxygens (including phenoxy) is 2. The number of methoxy groups -OCH3 is 1. The lowest BCUT2D eigenvalue weighted by atomic mass is 10.1. The molecule has 138 valence electrons. The summed E-state index contributed by atoms with van der Waals surface area (Å²) in [6, 6.07) is 7.68. The number of pyridine rings is 1. The number of hydrogen-bond acceptors (Lipinski definition) is 5. The molecule has 1 amide bonds. The van der Waals surface area contributed by atoms with Crippen LogP contribution in [0.15, 0.2) is 30.5 Å². The lowest BCUT2D eigenvalue weighted by molar-refractivity contribution is 0.0950. The van der Waals surface area contributed by atoms with Crippen molar-refractivity contribution < 1.29 is 14.3 Å². The third kappa shape index (κ3) is 3.96. The molecule has 0 unspecified atom stereocenters. The number of hydrogen-bond donors (Lipinski definition) is 1. The molecule has 1 aliphatic rings. The molecule has 0 saturated carbocycles. The van der Waals surface area contributed by atoms with E-state index >= 15 is 0 Å². The number of nitrogens with one attached hydrogen (secondary N) is 1. The predicted molar refractivity (Wildman–Crippen MR) is 101 cm³/mol. The Bertz CT molecular complexity index is 769. The summed E-state index contributed by atoms with van der Waals surface area (Å²) < 4.78 is 10.8. The van der Waals surface area contributed by atoms with Gasteiger partial charge in [-0.1, -0.05) is 0 Å². The quantitative estimate of drug-likeness (QED) is 0.893. The van der Waals surface area contributed by atoms with E-state index < -0.39 is 0 Å². The molecular weight excluding hydrogens is 330 g/mol. The van der Waals surface area contributed by atoms with E-state index in [2.05, 4.69) is 15.2 Å². The number of anilines is 1. The van der Waals surface area contributed by atoms with Crippen molar-refractivity contribution in [3.63, 3.8) is 0 Å². The van der Waals surface area contributed by atoms with Crippen LogP contribution in [0, 0.1) is 13.8 Å². The maximum atomic E-state index is 12.4. The number of amides is 1. The molecule has 1 aromatic heterocycles. The lowest BCUT2D eigenvalue weighted by Crippen LogP contribution is -2.36. The SMILES string of the molecule is COc1c(C)cnc(CNC(=O)c2ccc(N3CCOCC3)cc2)c1C. The van der Waals surface area contributed by atoms with E-state index in [0.29, 0.717) is 12.1 Å². The average molecular weight is 355 g/mol. The first-order valence-corrected chi connectivity index (χ1v) is 8.80. The monoisotopic (exact) mass is 355 g/mol. The summed E-state index contributed by atoms with van der Waals surface area (Å²) in [7, 11) is 1.65. The fourth-order valence-electron chi connectivity index (χ4n) is 3.16. The zero-order valence-electron chi connectivity index (χ0n) is 15.5. The molecule has 6 nitrogen and oxygen atoms in total. The standard InChI is InChI=1S/C20H25N3O3/c1-14-12-21-18(15(2)19(14)25-3)13-22-20(24)16-4-6-17(7-5-16)23-8-10-26-11-9-23/h4-7,12H,8-11,13H2,1-3H3,(H,22,24). The molecule has 0 aliphatic carbocycles. The largest absolute Gasteiger partial charge is 0.496 e. The van der Waals surface area contributed by atoms with Crippen LogP contribution in [-0.2, 0) is 11.3 Å². The second-order valence-corrected chi connectivity index (χ2v) is 6.38. The highest BCUT2D eigenvalue weighted by Gasteiger charge is 2.13. The number of aryl methyl sites for hydroxylation is 1. The van der Waals surface area contributed by atoms with Crippen molar-refractivity contribution in [3.8, 4) is 5.75 Å². The van der Waals surface area contributed by atoms with Gasteiger partial charge >= 0.3 is 0 Å². The number of nitrogens with zero attached hydrogens (tertiary/aromatic N) is 2. The van der Waals surface area contributed by atoms with Crippen molar-refractivity contribution >= 4 is 11.6 Å². The normalized spacial score (nSPS) is 14.2. The lowest BCUT2D eigenvalue weighted by Gasteiger charge is -2.28. The van der Waals surface area contributed by atoms with E-state index in [0.717, 1.165) is 54.6 Å². The molecule has 0 bridgehead atoms. The number of carbonyl (C=O) groups is 1. The second-order valence-electron chi connectivity index (χ2n) is 6.38. The molecule has 26 heavy (non-hydrogen) atoms. The zero-order chi connectivity index (χ0) is 18.5. The molecule has 1 aliphatic heterocycles. The smallest absolute Gasteiger partial charge is 0.251 e. The van der Waals surface area contributed by atoms with E-state index in [-0.39, 0.29) is 5.91 Å². The van der Waals surface area contributed by atoms with Gasteiger partial charge in [-0.2, -0.15) is 0 Å². The Balaban J connectivity index is 1.63. The van der Waals surface area contributed by atoms with Gasteiger partial charge in [0, 0.05) is 41.7 Å². The minimum Gasteiger partial charge on any atom is -0.496 e. The van der Waals surface area contributed by atoms with Crippen molar-refractivity contribution in [1.29, 1.82) is 0 Å². The Morgan fingerprint density at radius 3 is 2.58 bits per heavy atom. The summed E-state index contributed by atoms with van der Waals surface area (Å²) in [6.07, 6.45) is 1.77. The third-order valence-corrected chi connectivity index (χ3v) is 4.67. The van der Waals surface area contributed by atoms with Gasteiger partial charge in [0.2, 0.25) is 0 Å². The van der Waals surface area contributed by atoms with Crippen LogP contribution in [-0.4, -0.2) is 44.3 Å². The van der Waals surface area contributed by atoms with Crippen molar-refractivity contribution in [1.82, 2.24) is 10.3 Å². The molecule has 3 rings (SSSR count). The topological polar surface area (TPSA) is 63.7 Å². The van der Waals surface area contributed by atoms with Gasteiger partial charge in [-0.3, -0.25) is 9.78 Å². The fraction of sp³-hybridized carbons (Fsp3) is 0.400. The summed E-state index contributed by atoms with van der Waals surface area (Å²) in [6.45, 7) is 7.53. The van der Waals surface area contributed by atoms with E-state index in [4.69, 9.17) is 9.47 Å². The molecule has 0 radical (unpaired) electrons. The van der Waals surface area contributed by atoms with Crippen molar-refractivity contribution in [2.75, 3.05) is 38.3 Å². The number of rotatable bonds is 5. The molecule has 1 aromatic carbocycles. The first kappa shape index (κ1) is 18.2. The summed E-state index contributed by atoms with van der Waals surface area (Å²) in [5.41, 5.74) is 4.50. The highest BCUT2D eigenvalue weighted by Crippen LogP contribution is 2.24. The second kappa shape index (κ2) is 8.19. The minimum atomic E-state index is -0.112. The molecule has 2 heterocycles. The summed E-state index contributed by atoms with van der Waals surface area (Å²) >= 11 is 0. The summed E-state index contributed by atoms with van der Waals surface area (Å²) in [4.78, 5) is 19.1. The van der Waals surface area contributed by atoms with Gasteiger partial charge in [0.25, 0.3) is 5.91 Å². The average Bonchev–Trinajstić information content (AvgIpc) is 2.68. The van der Waals surface area contributed by atoms with Crippen LogP contribution in [0.2, 0.25) is 0 Å². The van der Waals surface area contributed by atoms with Crippen molar-refractivity contribution in [3.05, 3.63) is 52.8 Å². The molecule has 6 heteroatoms. The Kier molecular flexibility index (Phi) is 5.73. The van der Waals surface area contributed by atoms with Crippen LogP contribution in [0.1, 0.15) is 27.2 Å². The molecule has 1 N–H and O–H groups in total. The summed E-state index contributed by atoms with van der Waals surface area (Å²) in [5.74, 6) is 0.707. The Labute approximate surface area is 154 Å². The Hall–Kier alpha value is -2.60. The van der Waals surface area contributed by atoms with E-state index in [1.165, 1.54) is 0 Å². The molecule has 0 spiro atoms.